The van der Waals surface area contributed by atoms with E-state index in [0.717, 1.165) is 22.5 Å². The number of carboxylic acid groups (broad SMARTS) is 1. The van der Waals surface area contributed by atoms with Crippen molar-refractivity contribution in [1.29, 1.82) is 0 Å². The van der Waals surface area contributed by atoms with Gasteiger partial charge in [0.05, 0.1) is 4.90 Å². The van der Waals surface area contributed by atoms with Gasteiger partial charge >= 0.3 is 0 Å². The van der Waals surface area contributed by atoms with Crippen molar-refractivity contribution in [3.05, 3.63) is 65.7 Å². The molecule has 1 heterocycles. The van der Waals surface area contributed by atoms with E-state index in [0.29, 0.717) is 4.88 Å². The van der Waals surface area contributed by atoms with Crippen LogP contribution in [0.2, 0.25) is 0 Å². The zero-order valence-corrected chi connectivity index (χ0v) is 14.5. The minimum absolute atomic E-state index is 0.101. The summed E-state index contributed by atoms with van der Waals surface area (Å²) in [4.78, 5) is 15.0. The van der Waals surface area contributed by atoms with Crippen LogP contribution in [0.15, 0.2) is 65.7 Å². The predicted molar refractivity (Wildman–Crippen MR) is 93.5 cm³/mol. The summed E-state index contributed by atoms with van der Waals surface area (Å²) >= 11 is 0.961. The Morgan fingerprint density at radius 2 is 1.68 bits per heavy atom. The normalized spacial score (nSPS) is 11.2. The van der Waals surface area contributed by atoms with Crippen molar-refractivity contribution in [3.8, 4) is 11.1 Å². The number of hydrogen-bond acceptors (Lipinski definition) is 6. The predicted octanol–water partition coefficient (Wildman–Crippen LogP) is 1.90. The molecule has 3 aromatic rings. The van der Waals surface area contributed by atoms with Gasteiger partial charge in [-0.2, -0.15) is 0 Å². The Morgan fingerprint density at radius 1 is 1.04 bits per heavy atom. The third kappa shape index (κ3) is 4.23. The molecular formula is C17H13N2O4S2-. The Labute approximate surface area is 148 Å². The highest BCUT2D eigenvalue weighted by molar-refractivity contribution is 7.93. The average Bonchev–Trinajstić information content (AvgIpc) is 3.01. The molecule has 0 unspecified atom stereocenters. The first-order chi connectivity index (χ1) is 11.9. The van der Waals surface area contributed by atoms with Gasteiger partial charge in [0.2, 0.25) is 0 Å². The number of nitrogens with one attached hydrogen (secondary N) is 1. The third-order valence-electron chi connectivity index (χ3n) is 3.37. The summed E-state index contributed by atoms with van der Waals surface area (Å²) in [5, 5.41) is 10.7. The first-order valence-electron chi connectivity index (χ1n) is 7.27. The molecule has 0 amide bonds. The van der Waals surface area contributed by atoms with E-state index in [-0.39, 0.29) is 16.4 Å². The maximum absolute atomic E-state index is 12.4. The molecule has 0 bridgehead atoms. The summed E-state index contributed by atoms with van der Waals surface area (Å²) in [7, 11) is -3.79. The molecule has 25 heavy (non-hydrogen) atoms. The summed E-state index contributed by atoms with van der Waals surface area (Å²) < 4.78 is 27.2. The minimum atomic E-state index is -3.79. The zero-order valence-electron chi connectivity index (χ0n) is 12.9. The lowest BCUT2D eigenvalue weighted by Crippen LogP contribution is -2.23. The average molecular weight is 373 g/mol. The van der Waals surface area contributed by atoms with Gasteiger partial charge in [0.15, 0.2) is 5.13 Å². The number of nitrogens with zero attached hydrogens (tertiary/aromatic N) is 1. The highest BCUT2D eigenvalue weighted by Crippen LogP contribution is 2.24. The lowest BCUT2D eigenvalue weighted by Gasteiger charge is -2.07. The fraction of sp³-hybridized carbons (Fsp3) is 0.0588. The second-order valence-electron chi connectivity index (χ2n) is 5.18. The van der Waals surface area contributed by atoms with Gasteiger partial charge in [0.25, 0.3) is 10.0 Å². The molecule has 1 N–H and O–H groups in total. The van der Waals surface area contributed by atoms with E-state index in [4.69, 9.17) is 0 Å². The molecular weight excluding hydrogens is 360 g/mol. The van der Waals surface area contributed by atoms with E-state index in [9.17, 15) is 18.3 Å². The summed E-state index contributed by atoms with van der Waals surface area (Å²) in [6.45, 7) is 0. The Kier molecular flexibility index (Phi) is 4.82. The highest BCUT2D eigenvalue weighted by atomic mass is 32.2. The van der Waals surface area contributed by atoms with Crippen molar-refractivity contribution < 1.29 is 18.3 Å². The van der Waals surface area contributed by atoms with Crippen molar-refractivity contribution in [3.63, 3.8) is 0 Å². The molecule has 0 aliphatic rings. The molecule has 2 aromatic carbocycles. The number of anilines is 1. The van der Waals surface area contributed by atoms with Crippen LogP contribution >= 0.6 is 11.3 Å². The summed E-state index contributed by atoms with van der Waals surface area (Å²) in [5.41, 5.74) is 1.90. The van der Waals surface area contributed by atoms with Crippen molar-refractivity contribution in [2.24, 2.45) is 0 Å². The molecule has 0 radical (unpaired) electrons. The Morgan fingerprint density at radius 3 is 2.32 bits per heavy atom. The molecule has 0 aliphatic heterocycles. The molecule has 0 saturated heterocycles. The topological polar surface area (TPSA) is 99.2 Å². The van der Waals surface area contributed by atoms with E-state index in [2.05, 4.69) is 9.71 Å². The lowest BCUT2D eigenvalue weighted by atomic mass is 10.1. The number of benzene rings is 2. The largest absolute Gasteiger partial charge is 0.550 e. The summed E-state index contributed by atoms with van der Waals surface area (Å²) in [6, 6.07) is 16.1. The standard InChI is InChI=1S/C17H14N2O4S2/c20-16(21)10-14-11-18-17(24-14)19-25(22,23)15-8-6-13(7-9-15)12-4-2-1-3-5-12/h1-9,11H,10H2,(H,18,19)(H,20,21)/p-1. The fourth-order valence-corrected chi connectivity index (χ4v) is 4.25. The van der Waals surface area contributed by atoms with Crippen LogP contribution < -0.4 is 9.83 Å². The molecule has 1 aromatic heterocycles. The molecule has 8 heteroatoms. The van der Waals surface area contributed by atoms with Gasteiger partial charge in [0.1, 0.15) is 0 Å². The minimum Gasteiger partial charge on any atom is -0.550 e. The van der Waals surface area contributed by atoms with Gasteiger partial charge in [-0.05, 0) is 23.3 Å². The number of hydrogen-bond donors (Lipinski definition) is 1. The number of sulfonamides is 1. The molecule has 0 atom stereocenters. The fourth-order valence-electron chi connectivity index (χ4n) is 2.21. The van der Waals surface area contributed by atoms with Crippen molar-refractivity contribution in [2.75, 3.05) is 4.72 Å². The second-order valence-corrected chi connectivity index (χ2v) is 7.97. The second kappa shape index (κ2) is 7.04. The molecule has 3 rings (SSSR count). The van der Waals surface area contributed by atoms with Crippen molar-refractivity contribution in [2.45, 2.75) is 11.3 Å². The van der Waals surface area contributed by atoms with E-state index in [1.54, 1.807) is 12.1 Å². The van der Waals surface area contributed by atoms with Gasteiger partial charge in [0, 0.05) is 23.5 Å². The van der Waals surface area contributed by atoms with Crippen molar-refractivity contribution >= 4 is 32.5 Å². The van der Waals surface area contributed by atoms with Gasteiger partial charge in [-0.15, -0.1) is 11.3 Å². The number of thiazole rings is 1. The van der Waals surface area contributed by atoms with Crippen LogP contribution in [-0.2, 0) is 21.2 Å². The Balaban J connectivity index is 1.78. The van der Waals surface area contributed by atoms with Gasteiger partial charge in [-0.25, -0.2) is 13.4 Å². The first-order valence-corrected chi connectivity index (χ1v) is 9.57. The molecule has 0 spiro atoms. The number of aliphatic carboxylic acids is 1. The van der Waals surface area contributed by atoms with E-state index >= 15 is 0 Å². The van der Waals surface area contributed by atoms with Gasteiger partial charge in [-0.1, -0.05) is 42.5 Å². The van der Waals surface area contributed by atoms with Crippen LogP contribution in [-0.4, -0.2) is 19.4 Å². The van der Waals surface area contributed by atoms with E-state index in [1.807, 2.05) is 30.3 Å². The summed E-state index contributed by atoms with van der Waals surface area (Å²) in [5.74, 6) is -1.24. The van der Waals surface area contributed by atoms with Crippen LogP contribution in [0.4, 0.5) is 5.13 Å². The van der Waals surface area contributed by atoms with E-state index in [1.165, 1.54) is 18.3 Å². The Bertz CT molecular complexity index is 981. The van der Waals surface area contributed by atoms with Crippen molar-refractivity contribution in [1.82, 2.24) is 4.98 Å². The Hall–Kier alpha value is -2.71. The number of carbonyl (C=O) groups excluding carboxylic acids is 1. The lowest BCUT2D eigenvalue weighted by molar-refractivity contribution is -0.304. The van der Waals surface area contributed by atoms with Crippen LogP contribution in [0, 0.1) is 0 Å². The molecule has 0 aliphatic carbocycles. The first kappa shape index (κ1) is 17.1. The third-order valence-corrected chi connectivity index (χ3v) is 5.76. The number of aromatic nitrogens is 1. The van der Waals surface area contributed by atoms with Gasteiger partial charge in [-0.3, -0.25) is 4.72 Å². The monoisotopic (exact) mass is 373 g/mol. The number of rotatable bonds is 6. The number of carbonyl (C=O) groups is 1. The van der Waals surface area contributed by atoms with Crippen LogP contribution in [0.25, 0.3) is 11.1 Å². The molecule has 128 valence electrons. The van der Waals surface area contributed by atoms with Crippen LogP contribution in [0.3, 0.4) is 0 Å². The van der Waals surface area contributed by atoms with Gasteiger partial charge < -0.3 is 9.90 Å². The SMILES string of the molecule is O=C([O-])Cc1cnc(NS(=O)(=O)c2ccc(-c3ccccc3)cc2)s1. The maximum Gasteiger partial charge on any atom is 0.263 e. The van der Waals surface area contributed by atoms with Crippen LogP contribution in [0.5, 0.6) is 0 Å². The van der Waals surface area contributed by atoms with Crippen LogP contribution in [0.1, 0.15) is 4.88 Å². The molecule has 0 fully saturated rings. The zero-order chi connectivity index (χ0) is 17.9. The number of carboxylic acids is 1. The maximum atomic E-state index is 12.4. The smallest absolute Gasteiger partial charge is 0.263 e. The van der Waals surface area contributed by atoms with E-state index < -0.39 is 16.0 Å². The molecule has 6 nitrogen and oxygen atoms in total. The summed E-state index contributed by atoms with van der Waals surface area (Å²) in [6.07, 6.45) is 1.02. The quantitative estimate of drug-likeness (QED) is 0.711. The highest BCUT2D eigenvalue weighted by Gasteiger charge is 2.16. The molecule has 0 saturated carbocycles.